The van der Waals surface area contributed by atoms with E-state index < -0.39 is 0 Å². The lowest BCUT2D eigenvalue weighted by molar-refractivity contribution is -0.126. The summed E-state index contributed by atoms with van der Waals surface area (Å²) in [5, 5.41) is 11.3. The van der Waals surface area contributed by atoms with E-state index in [9.17, 15) is 4.79 Å². The van der Waals surface area contributed by atoms with Crippen LogP contribution in [0.5, 0.6) is 5.75 Å². The standard InChI is InChI=1S/C17H23N5O2/c1-12(21-8-9-22-13(2)19-20-16(22)11-21)17(23)18-10-14-6-4-5-7-15(14)24-3/h4-7,12H,8-11H2,1-3H3,(H,18,23). The average Bonchev–Trinajstić information content (AvgIpc) is 2.99. The molecule has 0 saturated heterocycles. The van der Waals surface area contributed by atoms with Gasteiger partial charge in [0, 0.05) is 25.2 Å². The van der Waals surface area contributed by atoms with Gasteiger partial charge in [0.05, 0.1) is 19.7 Å². The van der Waals surface area contributed by atoms with Crippen LogP contribution in [0, 0.1) is 6.92 Å². The van der Waals surface area contributed by atoms with Crippen LogP contribution in [-0.2, 0) is 24.4 Å². The summed E-state index contributed by atoms with van der Waals surface area (Å²) >= 11 is 0. The van der Waals surface area contributed by atoms with Gasteiger partial charge in [-0.25, -0.2) is 0 Å². The molecule has 7 nitrogen and oxygen atoms in total. The minimum atomic E-state index is -0.217. The van der Waals surface area contributed by atoms with Gasteiger partial charge in [0.1, 0.15) is 17.4 Å². The molecule has 0 aliphatic carbocycles. The van der Waals surface area contributed by atoms with Crippen molar-refractivity contribution in [3.8, 4) is 5.75 Å². The number of hydrogen-bond acceptors (Lipinski definition) is 5. The minimum Gasteiger partial charge on any atom is -0.496 e. The largest absolute Gasteiger partial charge is 0.496 e. The summed E-state index contributed by atoms with van der Waals surface area (Å²) in [7, 11) is 1.63. The molecule has 128 valence electrons. The third-order valence-electron chi connectivity index (χ3n) is 4.54. The molecule has 1 unspecified atom stereocenters. The van der Waals surface area contributed by atoms with Gasteiger partial charge in [-0.3, -0.25) is 9.69 Å². The first kappa shape index (κ1) is 16.4. The number of nitrogens with one attached hydrogen (secondary N) is 1. The number of benzene rings is 1. The van der Waals surface area contributed by atoms with Crippen LogP contribution in [0.4, 0.5) is 0 Å². The molecule has 1 aromatic carbocycles. The molecule has 3 rings (SSSR count). The van der Waals surface area contributed by atoms with Crippen molar-refractivity contribution in [3.05, 3.63) is 41.5 Å². The maximum absolute atomic E-state index is 12.5. The molecule has 0 radical (unpaired) electrons. The molecule has 0 bridgehead atoms. The molecule has 0 saturated carbocycles. The van der Waals surface area contributed by atoms with Gasteiger partial charge in [-0.2, -0.15) is 0 Å². The van der Waals surface area contributed by atoms with Crippen LogP contribution in [-0.4, -0.2) is 45.3 Å². The number of carbonyl (C=O) groups excluding carboxylic acids is 1. The van der Waals surface area contributed by atoms with Crippen molar-refractivity contribution in [2.75, 3.05) is 13.7 Å². The summed E-state index contributed by atoms with van der Waals surface area (Å²) in [5.74, 6) is 2.64. The van der Waals surface area contributed by atoms with Crippen LogP contribution >= 0.6 is 0 Å². The van der Waals surface area contributed by atoms with Crippen LogP contribution in [0.1, 0.15) is 24.1 Å². The number of carbonyl (C=O) groups is 1. The van der Waals surface area contributed by atoms with Crippen molar-refractivity contribution in [1.82, 2.24) is 25.0 Å². The van der Waals surface area contributed by atoms with Gasteiger partial charge in [0.25, 0.3) is 0 Å². The number of aromatic nitrogens is 3. The SMILES string of the molecule is COc1ccccc1CNC(=O)C(C)N1CCn2c(C)nnc2C1. The van der Waals surface area contributed by atoms with Gasteiger partial charge < -0.3 is 14.6 Å². The number of para-hydroxylation sites is 1. The molecule has 1 aliphatic rings. The Morgan fingerprint density at radius 1 is 1.33 bits per heavy atom. The monoisotopic (exact) mass is 329 g/mol. The molecule has 0 fully saturated rings. The Hall–Kier alpha value is -2.41. The van der Waals surface area contributed by atoms with Crippen molar-refractivity contribution in [1.29, 1.82) is 0 Å². The first-order chi connectivity index (χ1) is 11.6. The highest BCUT2D eigenvalue weighted by Gasteiger charge is 2.27. The summed E-state index contributed by atoms with van der Waals surface area (Å²) < 4.78 is 7.42. The second-order valence-corrected chi connectivity index (χ2v) is 5.99. The normalized spacial score (nSPS) is 15.6. The second kappa shape index (κ2) is 7.00. The summed E-state index contributed by atoms with van der Waals surface area (Å²) in [5.41, 5.74) is 0.967. The Morgan fingerprint density at radius 3 is 2.92 bits per heavy atom. The van der Waals surface area contributed by atoms with E-state index in [2.05, 4.69) is 25.0 Å². The molecular formula is C17H23N5O2. The topological polar surface area (TPSA) is 72.3 Å². The van der Waals surface area contributed by atoms with Crippen molar-refractivity contribution in [2.45, 2.75) is 39.5 Å². The number of amides is 1. The zero-order valence-corrected chi connectivity index (χ0v) is 14.3. The second-order valence-electron chi connectivity index (χ2n) is 5.99. The van der Waals surface area contributed by atoms with E-state index in [4.69, 9.17) is 4.74 Å². The molecule has 24 heavy (non-hydrogen) atoms. The smallest absolute Gasteiger partial charge is 0.237 e. The molecule has 0 spiro atoms. The van der Waals surface area contributed by atoms with Gasteiger partial charge in [0.2, 0.25) is 5.91 Å². The van der Waals surface area contributed by atoms with Crippen molar-refractivity contribution in [3.63, 3.8) is 0 Å². The van der Waals surface area contributed by atoms with Crippen molar-refractivity contribution < 1.29 is 9.53 Å². The fourth-order valence-electron chi connectivity index (χ4n) is 3.00. The highest BCUT2D eigenvalue weighted by atomic mass is 16.5. The molecule has 2 aromatic rings. The van der Waals surface area contributed by atoms with Crippen LogP contribution < -0.4 is 10.1 Å². The lowest BCUT2D eigenvalue weighted by Crippen LogP contribution is -2.48. The van der Waals surface area contributed by atoms with Crippen LogP contribution in [0.15, 0.2) is 24.3 Å². The molecule has 1 aromatic heterocycles. The molecule has 2 heterocycles. The van der Waals surface area contributed by atoms with E-state index in [1.165, 1.54) is 0 Å². The van der Waals surface area contributed by atoms with Gasteiger partial charge in [-0.15, -0.1) is 10.2 Å². The van der Waals surface area contributed by atoms with Gasteiger partial charge in [-0.05, 0) is 19.9 Å². The van der Waals surface area contributed by atoms with Gasteiger partial charge in [0.15, 0.2) is 0 Å². The predicted octanol–water partition coefficient (Wildman–Crippen LogP) is 1.12. The fraction of sp³-hybridized carbons (Fsp3) is 0.471. The number of rotatable bonds is 5. The highest BCUT2D eigenvalue weighted by Crippen LogP contribution is 2.18. The molecule has 1 N–H and O–H groups in total. The third kappa shape index (κ3) is 3.26. The zero-order chi connectivity index (χ0) is 17.1. The Kier molecular flexibility index (Phi) is 4.80. The fourth-order valence-corrected chi connectivity index (χ4v) is 3.00. The average molecular weight is 329 g/mol. The maximum Gasteiger partial charge on any atom is 0.237 e. The third-order valence-corrected chi connectivity index (χ3v) is 4.54. The number of hydrogen-bond donors (Lipinski definition) is 1. The van der Waals surface area contributed by atoms with Crippen LogP contribution in [0.3, 0.4) is 0 Å². The number of aryl methyl sites for hydroxylation is 1. The quantitative estimate of drug-likeness (QED) is 0.890. The first-order valence-corrected chi connectivity index (χ1v) is 8.12. The Bertz CT molecular complexity index is 728. The summed E-state index contributed by atoms with van der Waals surface area (Å²) in [6, 6.07) is 7.48. The Labute approximate surface area is 141 Å². The first-order valence-electron chi connectivity index (χ1n) is 8.12. The minimum absolute atomic E-state index is 0.00518. The number of ether oxygens (including phenoxy) is 1. The number of fused-ring (bicyclic) bond motifs is 1. The predicted molar refractivity (Wildman–Crippen MR) is 89.5 cm³/mol. The van der Waals surface area contributed by atoms with E-state index in [0.717, 1.165) is 36.1 Å². The van der Waals surface area contributed by atoms with Crippen LogP contribution in [0.2, 0.25) is 0 Å². The van der Waals surface area contributed by atoms with Crippen LogP contribution in [0.25, 0.3) is 0 Å². The van der Waals surface area contributed by atoms with Gasteiger partial charge in [-0.1, -0.05) is 18.2 Å². The maximum atomic E-state index is 12.5. The summed E-state index contributed by atoms with van der Waals surface area (Å²) in [6.45, 7) is 6.61. The highest BCUT2D eigenvalue weighted by molar-refractivity contribution is 5.81. The molecule has 1 atom stereocenters. The van der Waals surface area contributed by atoms with E-state index in [-0.39, 0.29) is 11.9 Å². The zero-order valence-electron chi connectivity index (χ0n) is 14.3. The number of nitrogens with zero attached hydrogens (tertiary/aromatic N) is 4. The van der Waals surface area contributed by atoms with Gasteiger partial charge >= 0.3 is 0 Å². The molecule has 1 amide bonds. The van der Waals surface area contributed by atoms with E-state index >= 15 is 0 Å². The number of methoxy groups -OCH3 is 1. The molecular weight excluding hydrogens is 306 g/mol. The molecule has 7 heteroatoms. The van der Waals surface area contributed by atoms with Crippen molar-refractivity contribution in [2.24, 2.45) is 0 Å². The van der Waals surface area contributed by atoms with E-state index in [1.54, 1.807) is 7.11 Å². The van der Waals surface area contributed by atoms with E-state index in [0.29, 0.717) is 13.1 Å². The van der Waals surface area contributed by atoms with Crippen molar-refractivity contribution >= 4 is 5.91 Å². The summed E-state index contributed by atoms with van der Waals surface area (Å²) in [6.07, 6.45) is 0. The Morgan fingerprint density at radius 2 is 2.12 bits per heavy atom. The Balaban J connectivity index is 1.59. The summed E-state index contributed by atoms with van der Waals surface area (Å²) in [4.78, 5) is 14.6. The van der Waals surface area contributed by atoms with E-state index in [1.807, 2.05) is 38.1 Å². The molecule has 1 aliphatic heterocycles. The lowest BCUT2D eigenvalue weighted by Gasteiger charge is -2.31. The lowest BCUT2D eigenvalue weighted by atomic mass is 10.2.